The summed E-state index contributed by atoms with van der Waals surface area (Å²) in [4.78, 5) is 5.01. The number of aliphatic hydroxyl groups is 1. The van der Waals surface area contributed by atoms with E-state index in [2.05, 4.69) is 37.6 Å². The van der Waals surface area contributed by atoms with Gasteiger partial charge in [0.25, 0.3) is 0 Å². The molecule has 2 fully saturated rings. The first-order valence-corrected chi connectivity index (χ1v) is 7.61. The number of hydrogen-bond donors (Lipinski definition) is 1. The maximum absolute atomic E-state index is 10.5. The Morgan fingerprint density at radius 2 is 1.78 bits per heavy atom. The zero-order valence-electron chi connectivity index (χ0n) is 12.5. The Bertz CT molecular complexity index is 259. The van der Waals surface area contributed by atoms with E-state index in [1.54, 1.807) is 0 Å². The molecule has 3 heteroatoms. The summed E-state index contributed by atoms with van der Waals surface area (Å²) in [5.74, 6) is 1.30. The van der Waals surface area contributed by atoms with Gasteiger partial charge in [0.2, 0.25) is 0 Å². The van der Waals surface area contributed by atoms with Gasteiger partial charge in [0.1, 0.15) is 0 Å². The molecule has 0 amide bonds. The zero-order chi connectivity index (χ0) is 13.3. The zero-order valence-corrected chi connectivity index (χ0v) is 12.5. The fraction of sp³-hybridized carbons (Fsp3) is 1.00. The molecule has 1 aliphatic heterocycles. The van der Waals surface area contributed by atoms with Crippen LogP contribution in [-0.4, -0.2) is 59.8 Å². The van der Waals surface area contributed by atoms with Gasteiger partial charge in [-0.3, -0.25) is 4.90 Å². The Kier molecular flexibility index (Phi) is 4.68. The van der Waals surface area contributed by atoms with Gasteiger partial charge in [0, 0.05) is 25.2 Å². The van der Waals surface area contributed by atoms with Gasteiger partial charge in [-0.1, -0.05) is 13.8 Å². The standard InChI is InChI=1S/C15H30N2O/c1-11-8-12(2)15(14(18)9-11)17-7-5-6-16(4)10-13(17)3/h11-15,18H,5-10H2,1-4H3. The smallest absolute Gasteiger partial charge is 0.0700 e. The molecule has 18 heavy (non-hydrogen) atoms. The van der Waals surface area contributed by atoms with Gasteiger partial charge < -0.3 is 10.0 Å². The minimum Gasteiger partial charge on any atom is -0.391 e. The van der Waals surface area contributed by atoms with E-state index in [9.17, 15) is 5.11 Å². The first-order valence-electron chi connectivity index (χ1n) is 7.61. The highest BCUT2D eigenvalue weighted by molar-refractivity contribution is 4.93. The van der Waals surface area contributed by atoms with Crippen molar-refractivity contribution in [2.24, 2.45) is 11.8 Å². The van der Waals surface area contributed by atoms with Crippen molar-refractivity contribution in [1.82, 2.24) is 9.80 Å². The first-order chi connectivity index (χ1) is 8.49. The second kappa shape index (κ2) is 5.89. The second-order valence-electron chi connectivity index (χ2n) is 6.81. The molecular weight excluding hydrogens is 224 g/mol. The monoisotopic (exact) mass is 254 g/mol. The number of rotatable bonds is 1. The first kappa shape index (κ1) is 14.3. The van der Waals surface area contributed by atoms with Gasteiger partial charge >= 0.3 is 0 Å². The van der Waals surface area contributed by atoms with Gasteiger partial charge in [0.05, 0.1) is 6.10 Å². The van der Waals surface area contributed by atoms with Crippen molar-refractivity contribution in [3.63, 3.8) is 0 Å². The molecule has 1 saturated carbocycles. The van der Waals surface area contributed by atoms with Crippen LogP contribution in [0.2, 0.25) is 0 Å². The van der Waals surface area contributed by atoms with Gasteiger partial charge in [0.15, 0.2) is 0 Å². The Labute approximate surface area is 112 Å². The normalized spacial score (nSPS) is 44.8. The van der Waals surface area contributed by atoms with Crippen molar-refractivity contribution in [2.45, 2.75) is 58.2 Å². The van der Waals surface area contributed by atoms with Gasteiger partial charge in [-0.25, -0.2) is 0 Å². The topological polar surface area (TPSA) is 26.7 Å². The van der Waals surface area contributed by atoms with E-state index in [0.29, 0.717) is 23.9 Å². The van der Waals surface area contributed by atoms with Gasteiger partial charge in [-0.2, -0.15) is 0 Å². The average Bonchev–Trinajstić information content (AvgIpc) is 2.39. The molecule has 5 unspecified atom stereocenters. The average molecular weight is 254 g/mol. The summed E-state index contributed by atoms with van der Waals surface area (Å²) in [6, 6.07) is 0.940. The lowest BCUT2D eigenvalue weighted by atomic mass is 9.77. The van der Waals surface area contributed by atoms with E-state index in [-0.39, 0.29) is 6.10 Å². The molecule has 5 atom stereocenters. The summed E-state index contributed by atoms with van der Waals surface area (Å²) < 4.78 is 0. The third-order valence-corrected chi connectivity index (χ3v) is 4.88. The molecule has 2 rings (SSSR count). The molecule has 1 saturated heterocycles. The summed E-state index contributed by atoms with van der Waals surface area (Å²) in [6.45, 7) is 10.4. The highest BCUT2D eigenvalue weighted by Gasteiger charge is 2.38. The summed E-state index contributed by atoms with van der Waals surface area (Å²) >= 11 is 0. The third-order valence-electron chi connectivity index (χ3n) is 4.88. The molecule has 106 valence electrons. The lowest BCUT2D eigenvalue weighted by Gasteiger charge is -2.45. The van der Waals surface area contributed by atoms with Crippen molar-refractivity contribution >= 4 is 0 Å². The molecule has 3 nitrogen and oxygen atoms in total. The second-order valence-corrected chi connectivity index (χ2v) is 6.81. The lowest BCUT2D eigenvalue weighted by Crippen LogP contribution is -2.55. The summed E-state index contributed by atoms with van der Waals surface area (Å²) in [7, 11) is 2.21. The number of nitrogens with zero attached hydrogens (tertiary/aromatic N) is 2. The minimum absolute atomic E-state index is 0.130. The fourth-order valence-electron chi connectivity index (χ4n) is 4.18. The van der Waals surface area contributed by atoms with Crippen LogP contribution in [0.1, 0.15) is 40.0 Å². The molecule has 1 heterocycles. The van der Waals surface area contributed by atoms with E-state index in [4.69, 9.17) is 0 Å². The lowest BCUT2D eigenvalue weighted by molar-refractivity contribution is -0.0378. The van der Waals surface area contributed by atoms with Crippen LogP contribution < -0.4 is 0 Å². The molecule has 0 aromatic heterocycles. The van der Waals surface area contributed by atoms with Crippen LogP contribution in [0.3, 0.4) is 0 Å². The fourth-order valence-corrected chi connectivity index (χ4v) is 4.18. The SMILES string of the molecule is CC1CC(C)C(N2CCCN(C)CC2C)C(O)C1. The number of aliphatic hydroxyl groups excluding tert-OH is 1. The predicted octanol–water partition coefficient (Wildman–Crippen LogP) is 1.81. The van der Waals surface area contributed by atoms with Crippen molar-refractivity contribution in [2.75, 3.05) is 26.7 Å². The molecule has 0 bridgehead atoms. The molecule has 1 aliphatic carbocycles. The van der Waals surface area contributed by atoms with Crippen LogP contribution in [0.15, 0.2) is 0 Å². The maximum Gasteiger partial charge on any atom is 0.0700 e. The summed E-state index contributed by atoms with van der Waals surface area (Å²) in [5, 5.41) is 10.5. The predicted molar refractivity (Wildman–Crippen MR) is 75.6 cm³/mol. The molecule has 0 aromatic carbocycles. The molecular formula is C15H30N2O. The number of hydrogen-bond acceptors (Lipinski definition) is 3. The third kappa shape index (κ3) is 3.06. The van der Waals surface area contributed by atoms with E-state index >= 15 is 0 Å². The van der Waals surface area contributed by atoms with Crippen molar-refractivity contribution in [3.8, 4) is 0 Å². The van der Waals surface area contributed by atoms with Crippen LogP contribution in [0.5, 0.6) is 0 Å². The van der Waals surface area contributed by atoms with Crippen LogP contribution >= 0.6 is 0 Å². The molecule has 0 radical (unpaired) electrons. The highest BCUT2D eigenvalue weighted by Crippen LogP contribution is 2.33. The maximum atomic E-state index is 10.5. The van der Waals surface area contributed by atoms with Crippen LogP contribution in [0, 0.1) is 11.8 Å². The van der Waals surface area contributed by atoms with E-state index < -0.39 is 0 Å². The molecule has 0 aromatic rings. The largest absolute Gasteiger partial charge is 0.391 e. The molecule has 2 aliphatic rings. The Balaban J connectivity index is 2.08. The number of likely N-dealkylation sites (N-methyl/N-ethyl adjacent to an activating group) is 1. The minimum atomic E-state index is -0.130. The van der Waals surface area contributed by atoms with Gasteiger partial charge in [-0.15, -0.1) is 0 Å². The van der Waals surface area contributed by atoms with E-state index in [1.165, 1.54) is 19.4 Å². The van der Waals surface area contributed by atoms with Gasteiger partial charge in [-0.05, 0) is 51.6 Å². The summed E-state index contributed by atoms with van der Waals surface area (Å²) in [6.07, 6.45) is 3.34. The van der Waals surface area contributed by atoms with Crippen LogP contribution in [0.4, 0.5) is 0 Å². The Hall–Kier alpha value is -0.120. The van der Waals surface area contributed by atoms with Crippen molar-refractivity contribution < 1.29 is 5.11 Å². The van der Waals surface area contributed by atoms with E-state index in [0.717, 1.165) is 19.5 Å². The Morgan fingerprint density at radius 3 is 2.44 bits per heavy atom. The van der Waals surface area contributed by atoms with Crippen LogP contribution in [-0.2, 0) is 0 Å². The quantitative estimate of drug-likeness (QED) is 0.773. The highest BCUT2D eigenvalue weighted by atomic mass is 16.3. The molecule has 1 N–H and O–H groups in total. The van der Waals surface area contributed by atoms with Crippen LogP contribution in [0.25, 0.3) is 0 Å². The van der Waals surface area contributed by atoms with Crippen molar-refractivity contribution in [3.05, 3.63) is 0 Å². The van der Waals surface area contributed by atoms with Crippen molar-refractivity contribution in [1.29, 1.82) is 0 Å². The molecule has 0 spiro atoms. The summed E-state index contributed by atoms with van der Waals surface area (Å²) in [5.41, 5.74) is 0. The Morgan fingerprint density at radius 1 is 1.06 bits per heavy atom. The van der Waals surface area contributed by atoms with E-state index in [1.807, 2.05) is 0 Å².